The number of fused-ring (bicyclic) bond motifs is 1. The zero-order valence-corrected chi connectivity index (χ0v) is 13.1. The van der Waals surface area contributed by atoms with Gasteiger partial charge in [-0.1, -0.05) is 17.7 Å². The van der Waals surface area contributed by atoms with Gasteiger partial charge in [0.2, 0.25) is 0 Å². The van der Waals surface area contributed by atoms with Gasteiger partial charge in [-0.05, 0) is 48.1 Å². The Hall–Kier alpha value is -1.39. The Morgan fingerprint density at radius 3 is 2.85 bits per heavy atom. The lowest BCUT2D eigenvalue weighted by Gasteiger charge is -2.32. The lowest BCUT2D eigenvalue weighted by atomic mass is 9.94. The highest BCUT2D eigenvalue weighted by molar-refractivity contribution is 9.10. The second-order valence-corrected chi connectivity index (χ2v) is 6.04. The van der Waals surface area contributed by atoms with Crippen LogP contribution < -0.4 is 10.1 Å². The van der Waals surface area contributed by atoms with Crippen molar-refractivity contribution >= 4 is 15.9 Å². The molecular weight excluding hydrogens is 316 g/mol. The molecule has 0 saturated carbocycles. The highest BCUT2D eigenvalue weighted by Gasteiger charge is 2.29. The molecule has 2 heterocycles. The molecule has 0 spiro atoms. The van der Waals surface area contributed by atoms with Gasteiger partial charge in [-0.2, -0.15) is 0 Å². The molecule has 1 aromatic heterocycles. The van der Waals surface area contributed by atoms with Gasteiger partial charge in [0.15, 0.2) is 0 Å². The predicted molar refractivity (Wildman–Crippen MR) is 82.9 cm³/mol. The minimum atomic E-state index is -0.00393. The van der Waals surface area contributed by atoms with Gasteiger partial charge >= 0.3 is 0 Å². The molecule has 0 bridgehead atoms. The van der Waals surface area contributed by atoms with Crippen LogP contribution in [0.1, 0.15) is 35.4 Å². The molecule has 4 heteroatoms. The second kappa shape index (κ2) is 5.54. The van der Waals surface area contributed by atoms with Crippen LogP contribution in [-0.4, -0.2) is 12.0 Å². The zero-order valence-electron chi connectivity index (χ0n) is 11.6. The summed E-state index contributed by atoms with van der Waals surface area (Å²) in [5.41, 5.74) is 3.47. The fourth-order valence-electron chi connectivity index (χ4n) is 2.62. The number of rotatable bonds is 2. The van der Waals surface area contributed by atoms with Crippen LogP contribution >= 0.6 is 15.9 Å². The van der Waals surface area contributed by atoms with Crippen molar-refractivity contribution in [2.45, 2.75) is 25.5 Å². The Bertz CT molecular complexity index is 612. The lowest BCUT2D eigenvalue weighted by molar-refractivity contribution is 0.150. The third-order valence-corrected chi connectivity index (χ3v) is 4.16. The fraction of sp³-hybridized carbons (Fsp3) is 0.312. The summed E-state index contributed by atoms with van der Waals surface area (Å²) in [6, 6.07) is 10.7. The summed E-state index contributed by atoms with van der Waals surface area (Å²) in [6.07, 6.45) is 2.70. The number of nitrogens with one attached hydrogen (secondary N) is 1. The van der Waals surface area contributed by atoms with Crippen LogP contribution in [0.2, 0.25) is 0 Å². The Balaban J connectivity index is 1.94. The Kier molecular flexibility index (Phi) is 3.76. The number of benzene rings is 1. The molecule has 1 aromatic carbocycles. The molecule has 1 aliphatic rings. The van der Waals surface area contributed by atoms with E-state index in [1.54, 1.807) is 0 Å². The van der Waals surface area contributed by atoms with E-state index in [0.717, 1.165) is 22.3 Å². The highest BCUT2D eigenvalue weighted by atomic mass is 79.9. The van der Waals surface area contributed by atoms with E-state index < -0.39 is 0 Å². The fourth-order valence-corrected chi connectivity index (χ4v) is 2.86. The Morgan fingerprint density at radius 1 is 1.30 bits per heavy atom. The number of hydrogen-bond donors (Lipinski definition) is 1. The smallest absolute Gasteiger partial charge is 0.142 e. The third kappa shape index (κ3) is 2.58. The monoisotopic (exact) mass is 332 g/mol. The highest BCUT2D eigenvalue weighted by Crippen LogP contribution is 2.40. The van der Waals surface area contributed by atoms with Gasteiger partial charge in [-0.3, -0.25) is 4.98 Å². The molecular formula is C16H17BrN2O. The first-order chi connectivity index (χ1) is 9.67. The van der Waals surface area contributed by atoms with Crippen LogP contribution in [-0.2, 0) is 0 Å². The maximum atomic E-state index is 6.13. The summed E-state index contributed by atoms with van der Waals surface area (Å²) in [5, 5.41) is 3.38. The molecule has 20 heavy (non-hydrogen) atoms. The van der Waals surface area contributed by atoms with Crippen molar-refractivity contribution in [3.8, 4) is 5.75 Å². The van der Waals surface area contributed by atoms with Gasteiger partial charge in [0, 0.05) is 28.7 Å². The Morgan fingerprint density at radius 2 is 2.15 bits per heavy atom. The average Bonchev–Trinajstić information content (AvgIpc) is 2.47. The van der Waals surface area contributed by atoms with Gasteiger partial charge in [0.25, 0.3) is 0 Å². The summed E-state index contributed by atoms with van der Waals surface area (Å²) in [5.74, 6) is 0.955. The first-order valence-corrected chi connectivity index (χ1v) is 7.52. The molecule has 0 saturated heterocycles. The summed E-state index contributed by atoms with van der Waals surface area (Å²) in [4.78, 5) is 4.46. The maximum Gasteiger partial charge on any atom is 0.142 e. The molecule has 104 valence electrons. The lowest BCUT2D eigenvalue weighted by Crippen LogP contribution is -2.27. The van der Waals surface area contributed by atoms with Crippen molar-refractivity contribution in [3.05, 3.63) is 57.8 Å². The minimum Gasteiger partial charge on any atom is -0.484 e. The van der Waals surface area contributed by atoms with E-state index in [-0.39, 0.29) is 6.10 Å². The first kappa shape index (κ1) is 13.6. The van der Waals surface area contributed by atoms with Gasteiger partial charge in [-0.25, -0.2) is 0 Å². The number of halogens is 1. The van der Waals surface area contributed by atoms with Gasteiger partial charge in [0.05, 0.1) is 5.69 Å². The van der Waals surface area contributed by atoms with Gasteiger partial charge in [-0.15, -0.1) is 0 Å². The Labute approximate surface area is 127 Å². The minimum absolute atomic E-state index is 0.00393. The van der Waals surface area contributed by atoms with E-state index in [0.29, 0.717) is 6.04 Å². The summed E-state index contributed by atoms with van der Waals surface area (Å²) in [7, 11) is 1.99. The predicted octanol–water partition coefficient (Wildman–Crippen LogP) is 3.94. The van der Waals surface area contributed by atoms with E-state index in [4.69, 9.17) is 4.74 Å². The maximum absolute atomic E-state index is 6.13. The van der Waals surface area contributed by atoms with Crippen LogP contribution in [0.5, 0.6) is 5.75 Å². The zero-order chi connectivity index (χ0) is 14.1. The third-order valence-electron chi connectivity index (χ3n) is 3.69. The van der Waals surface area contributed by atoms with E-state index in [1.807, 2.05) is 25.4 Å². The van der Waals surface area contributed by atoms with E-state index in [9.17, 15) is 0 Å². The molecule has 3 nitrogen and oxygen atoms in total. The molecule has 3 rings (SSSR count). The average molecular weight is 333 g/mol. The molecule has 0 aliphatic carbocycles. The molecule has 2 unspecified atom stereocenters. The molecule has 2 aromatic rings. The number of aryl methyl sites for hydroxylation is 1. The van der Waals surface area contributed by atoms with Crippen LogP contribution in [0.15, 0.2) is 41.0 Å². The topological polar surface area (TPSA) is 34.2 Å². The van der Waals surface area contributed by atoms with Crippen LogP contribution in [0, 0.1) is 6.92 Å². The van der Waals surface area contributed by atoms with Crippen molar-refractivity contribution < 1.29 is 4.74 Å². The van der Waals surface area contributed by atoms with Crippen molar-refractivity contribution in [2.75, 3.05) is 7.05 Å². The van der Waals surface area contributed by atoms with Crippen LogP contribution in [0.4, 0.5) is 0 Å². The van der Waals surface area contributed by atoms with Crippen molar-refractivity contribution in [1.29, 1.82) is 0 Å². The molecule has 1 aliphatic heterocycles. The van der Waals surface area contributed by atoms with E-state index >= 15 is 0 Å². The molecule has 0 fully saturated rings. The SMILES string of the molecule is CNC1CC(c2ccc(Br)cn2)Oc2ccc(C)cc21. The van der Waals surface area contributed by atoms with Gasteiger partial charge in [0.1, 0.15) is 11.9 Å². The normalized spacial score (nSPS) is 21.1. The number of aromatic nitrogens is 1. The van der Waals surface area contributed by atoms with Crippen molar-refractivity contribution in [1.82, 2.24) is 10.3 Å². The second-order valence-electron chi connectivity index (χ2n) is 5.13. The van der Waals surface area contributed by atoms with Gasteiger partial charge < -0.3 is 10.1 Å². The first-order valence-electron chi connectivity index (χ1n) is 6.73. The van der Waals surface area contributed by atoms with Crippen LogP contribution in [0.25, 0.3) is 0 Å². The quantitative estimate of drug-likeness (QED) is 0.904. The van der Waals surface area contributed by atoms with Crippen molar-refractivity contribution in [2.24, 2.45) is 0 Å². The van der Waals surface area contributed by atoms with E-state index in [1.165, 1.54) is 11.1 Å². The standard InChI is InChI=1S/C16H17BrN2O/c1-10-3-6-15-12(7-10)14(18-2)8-16(20-15)13-5-4-11(17)9-19-13/h3-7,9,14,16,18H,8H2,1-2H3. The molecule has 0 amide bonds. The summed E-state index contributed by atoms with van der Waals surface area (Å²) >= 11 is 3.41. The number of nitrogens with zero attached hydrogens (tertiary/aromatic N) is 1. The van der Waals surface area contributed by atoms with Crippen molar-refractivity contribution in [3.63, 3.8) is 0 Å². The molecule has 0 radical (unpaired) electrons. The number of hydrogen-bond acceptors (Lipinski definition) is 3. The van der Waals surface area contributed by atoms with Crippen LogP contribution in [0.3, 0.4) is 0 Å². The summed E-state index contributed by atoms with van der Waals surface area (Å²) in [6.45, 7) is 2.11. The number of ether oxygens (including phenoxy) is 1. The number of pyridine rings is 1. The molecule has 1 N–H and O–H groups in total. The summed E-state index contributed by atoms with van der Waals surface area (Å²) < 4.78 is 7.11. The largest absolute Gasteiger partial charge is 0.484 e. The van der Waals surface area contributed by atoms with E-state index in [2.05, 4.69) is 51.4 Å². The molecule has 2 atom stereocenters.